The summed E-state index contributed by atoms with van der Waals surface area (Å²) in [6.07, 6.45) is -3.97. The van der Waals surface area contributed by atoms with E-state index in [1.165, 1.54) is 37.3 Å². The van der Waals surface area contributed by atoms with Gasteiger partial charge in [0.1, 0.15) is 22.3 Å². The maximum absolute atomic E-state index is 14.4. The van der Waals surface area contributed by atoms with Crippen LogP contribution < -0.4 is 10.6 Å². The van der Waals surface area contributed by atoms with Crippen LogP contribution in [-0.2, 0) is 4.79 Å². The average Bonchev–Trinajstić information content (AvgIpc) is 3.74. The number of carbonyl (C=O) groups excluding carboxylic acids is 1. The van der Waals surface area contributed by atoms with Crippen LogP contribution in [0.5, 0.6) is 0 Å². The smallest absolute Gasteiger partial charge is 0.450 e. The number of nitriles is 1. The summed E-state index contributed by atoms with van der Waals surface area (Å²) in [6.45, 7) is 2.40. The zero-order valence-electron chi connectivity index (χ0n) is 20.7. The van der Waals surface area contributed by atoms with Crippen LogP contribution >= 0.6 is 11.3 Å². The molecule has 0 saturated heterocycles. The summed E-state index contributed by atoms with van der Waals surface area (Å²) in [6, 6.07) is 4.17. The lowest BCUT2D eigenvalue weighted by Gasteiger charge is -2.30. The van der Waals surface area contributed by atoms with Crippen LogP contribution in [0, 0.1) is 11.3 Å². The molecule has 4 rings (SSSR count). The highest BCUT2D eigenvalue weighted by Crippen LogP contribution is 2.42. The van der Waals surface area contributed by atoms with Gasteiger partial charge >= 0.3 is 12.3 Å². The largest absolute Gasteiger partial charge is 0.503 e. The van der Waals surface area contributed by atoms with Gasteiger partial charge in [-0.05, 0) is 45.1 Å². The summed E-state index contributed by atoms with van der Waals surface area (Å²) >= 11 is 1.46. The van der Waals surface area contributed by atoms with Crippen molar-refractivity contribution < 1.29 is 37.4 Å². The van der Waals surface area contributed by atoms with Crippen molar-refractivity contribution in [1.29, 1.82) is 5.26 Å². The molecule has 13 heteroatoms. The zero-order chi connectivity index (χ0) is 28.3. The van der Waals surface area contributed by atoms with Gasteiger partial charge in [0.15, 0.2) is 0 Å². The molecular formula is C25H28F4N4O4S. The standard InChI is InChI=1S/C24H26F4N4OS.CH2O3/c1-22(2,25)11-17(20(33)32-23(13-29)9-10-23)30-19(24(26,27)28)15-5-7-16(8-6-15)21-31-18(12-34-21)14-3-4-14;2-1(3)4/h5-8,12,14,17,19,30H,3-4,9-11H2,1-2H3,(H,32,33);(H2,2,3,4)/t17-,19-;/m0./s1. The number of carboxylic acid groups (broad SMARTS) is 2. The number of alkyl halides is 4. The van der Waals surface area contributed by atoms with E-state index < -0.39 is 48.0 Å². The highest BCUT2D eigenvalue weighted by atomic mass is 32.1. The van der Waals surface area contributed by atoms with Gasteiger partial charge in [-0.2, -0.15) is 18.4 Å². The fraction of sp³-hybridized carbons (Fsp3) is 0.520. The number of benzene rings is 1. The maximum Gasteiger partial charge on any atom is 0.503 e. The molecule has 2 fully saturated rings. The minimum absolute atomic E-state index is 0.0916. The highest BCUT2D eigenvalue weighted by molar-refractivity contribution is 7.13. The number of carbonyl (C=O) groups is 2. The molecule has 206 valence electrons. The number of amides is 1. The van der Waals surface area contributed by atoms with Crippen LogP contribution in [0.15, 0.2) is 29.6 Å². The number of nitrogens with one attached hydrogen (secondary N) is 2. The van der Waals surface area contributed by atoms with Crippen LogP contribution in [-0.4, -0.2) is 50.7 Å². The van der Waals surface area contributed by atoms with Gasteiger partial charge in [-0.3, -0.25) is 10.1 Å². The first kappa shape index (κ1) is 29.3. The molecular weight excluding hydrogens is 528 g/mol. The molecule has 2 aromatic rings. The predicted molar refractivity (Wildman–Crippen MR) is 131 cm³/mol. The molecule has 2 saturated carbocycles. The Morgan fingerprint density at radius 3 is 2.21 bits per heavy atom. The summed E-state index contributed by atoms with van der Waals surface area (Å²) < 4.78 is 56.6. The lowest BCUT2D eigenvalue weighted by atomic mass is 9.97. The molecule has 0 spiro atoms. The van der Waals surface area contributed by atoms with Crippen LogP contribution in [0.3, 0.4) is 0 Å². The van der Waals surface area contributed by atoms with Gasteiger partial charge in [0.25, 0.3) is 0 Å². The predicted octanol–water partition coefficient (Wildman–Crippen LogP) is 5.78. The van der Waals surface area contributed by atoms with E-state index in [1.54, 1.807) is 12.1 Å². The van der Waals surface area contributed by atoms with E-state index in [0.29, 0.717) is 24.3 Å². The molecule has 4 N–H and O–H groups in total. The molecule has 0 radical (unpaired) electrons. The van der Waals surface area contributed by atoms with Gasteiger partial charge in [0.2, 0.25) is 5.91 Å². The van der Waals surface area contributed by atoms with E-state index in [0.717, 1.165) is 23.5 Å². The summed E-state index contributed by atoms with van der Waals surface area (Å²) in [5.41, 5.74) is -1.33. The molecule has 0 aliphatic heterocycles. The Morgan fingerprint density at radius 2 is 1.76 bits per heavy atom. The molecule has 2 aliphatic rings. The number of hydrogen-bond acceptors (Lipinski definition) is 6. The number of rotatable bonds is 9. The van der Waals surface area contributed by atoms with Crippen molar-refractivity contribution >= 4 is 23.4 Å². The molecule has 0 unspecified atom stereocenters. The second kappa shape index (κ2) is 11.2. The number of halogens is 4. The first-order valence-corrected chi connectivity index (χ1v) is 12.7. The Morgan fingerprint density at radius 1 is 1.18 bits per heavy atom. The van der Waals surface area contributed by atoms with Crippen LogP contribution in [0.4, 0.5) is 22.4 Å². The Hall–Kier alpha value is -3.24. The lowest BCUT2D eigenvalue weighted by molar-refractivity contribution is -0.161. The monoisotopic (exact) mass is 556 g/mol. The van der Waals surface area contributed by atoms with E-state index in [-0.39, 0.29) is 5.56 Å². The average molecular weight is 557 g/mol. The number of thiazole rings is 1. The fourth-order valence-electron chi connectivity index (χ4n) is 3.81. The van der Waals surface area contributed by atoms with Crippen molar-refractivity contribution in [3.63, 3.8) is 0 Å². The number of aromatic nitrogens is 1. The SMILES string of the molecule is CC(C)(F)C[C@H](N[C@@H](c1ccc(-c2nc(C3CC3)cs2)cc1)C(F)(F)F)C(=O)NC1(C#N)CC1.O=C(O)O. The van der Waals surface area contributed by atoms with Gasteiger partial charge in [-0.25, -0.2) is 14.2 Å². The van der Waals surface area contributed by atoms with Gasteiger partial charge in [0.05, 0.1) is 17.8 Å². The van der Waals surface area contributed by atoms with E-state index in [9.17, 15) is 27.6 Å². The highest BCUT2D eigenvalue weighted by Gasteiger charge is 2.48. The molecule has 0 bridgehead atoms. The molecule has 1 aromatic heterocycles. The van der Waals surface area contributed by atoms with Crippen molar-refractivity contribution in [2.24, 2.45) is 0 Å². The number of hydrogen-bond donors (Lipinski definition) is 4. The van der Waals surface area contributed by atoms with E-state index in [4.69, 9.17) is 15.0 Å². The van der Waals surface area contributed by atoms with Gasteiger partial charge < -0.3 is 15.5 Å². The van der Waals surface area contributed by atoms with Crippen molar-refractivity contribution in [2.75, 3.05) is 0 Å². The second-order valence-corrected chi connectivity index (χ2v) is 10.9. The Bertz CT molecular complexity index is 1180. The third-order valence-corrected chi connectivity index (χ3v) is 6.95. The molecule has 2 atom stereocenters. The van der Waals surface area contributed by atoms with Crippen LogP contribution in [0.25, 0.3) is 10.6 Å². The van der Waals surface area contributed by atoms with Crippen molar-refractivity contribution in [2.45, 2.75) is 81.3 Å². The van der Waals surface area contributed by atoms with Gasteiger partial charge in [-0.15, -0.1) is 11.3 Å². The minimum Gasteiger partial charge on any atom is -0.450 e. The van der Waals surface area contributed by atoms with Crippen LogP contribution in [0.2, 0.25) is 0 Å². The number of nitrogens with zero attached hydrogens (tertiary/aromatic N) is 2. The minimum atomic E-state index is -4.73. The molecule has 2 aliphatic carbocycles. The van der Waals surface area contributed by atoms with Crippen molar-refractivity contribution in [1.82, 2.24) is 15.6 Å². The fourth-order valence-corrected chi connectivity index (χ4v) is 4.72. The third-order valence-electron chi connectivity index (χ3n) is 6.04. The Labute approximate surface area is 220 Å². The first-order valence-electron chi connectivity index (χ1n) is 11.8. The summed E-state index contributed by atoms with van der Waals surface area (Å²) in [7, 11) is 0. The molecule has 38 heavy (non-hydrogen) atoms. The van der Waals surface area contributed by atoms with Gasteiger partial charge in [0, 0.05) is 23.3 Å². The lowest BCUT2D eigenvalue weighted by Crippen LogP contribution is -2.53. The topological polar surface area (TPSA) is 135 Å². The quantitative estimate of drug-likeness (QED) is 0.288. The zero-order valence-corrected chi connectivity index (χ0v) is 21.5. The maximum atomic E-state index is 14.4. The molecule has 1 heterocycles. The third kappa shape index (κ3) is 8.39. The normalized spacial score (nSPS) is 17.8. The van der Waals surface area contributed by atoms with E-state index in [2.05, 4.69) is 15.6 Å². The van der Waals surface area contributed by atoms with Crippen LogP contribution in [0.1, 0.15) is 69.2 Å². The molecule has 1 amide bonds. The van der Waals surface area contributed by atoms with E-state index >= 15 is 0 Å². The summed E-state index contributed by atoms with van der Waals surface area (Å²) in [5.74, 6) is -0.326. The summed E-state index contributed by atoms with van der Waals surface area (Å²) in [4.78, 5) is 25.9. The molecule has 8 nitrogen and oxygen atoms in total. The van der Waals surface area contributed by atoms with E-state index in [1.807, 2.05) is 11.4 Å². The molecule has 1 aromatic carbocycles. The summed E-state index contributed by atoms with van der Waals surface area (Å²) in [5, 5.41) is 30.7. The van der Waals surface area contributed by atoms with Crippen molar-refractivity contribution in [3.05, 3.63) is 40.9 Å². The second-order valence-electron chi connectivity index (χ2n) is 10.1. The Balaban J connectivity index is 0.000000934. The van der Waals surface area contributed by atoms with Gasteiger partial charge in [-0.1, -0.05) is 24.3 Å². The Kier molecular flexibility index (Phi) is 8.68. The first-order chi connectivity index (χ1) is 17.6. The van der Waals surface area contributed by atoms with Crippen molar-refractivity contribution in [3.8, 4) is 16.6 Å².